The second-order valence-corrected chi connectivity index (χ2v) is 6.96. The van der Waals surface area contributed by atoms with Crippen LogP contribution in [0.3, 0.4) is 0 Å². The van der Waals surface area contributed by atoms with Crippen molar-refractivity contribution in [1.82, 2.24) is 29.8 Å². The molecule has 11 nitrogen and oxygen atoms in total. The van der Waals surface area contributed by atoms with Crippen LogP contribution in [0, 0.1) is 4.77 Å². The van der Waals surface area contributed by atoms with Gasteiger partial charge in [0.05, 0.1) is 6.20 Å². The van der Waals surface area contributed by atoms with E-state index in [1.54, 1.807) is 12.4 Å². The number of aromatic amines is 3. The molecule has 0 aliphatic carbocycles. The Bertz CT molecular complexity index is 1070. The molecule has 3 rings (SSSR count). The molecule has 0 bridgehead atoms. The summed E-state index contributed by atoms with van der Waals surface area (Å²) in [6.07, 6.45) is 3.79. The highest BCUT2D eigenvalue weighted by atomic mass is 128. The van der Waals surface area contributed by atoms with Crippen molar-refractivity contribution in [2.45, 2.75) is 46.5 Å². The second-order valence-electron chi connectivity index (χ2n) is 6.31. The van der Waals surface area contributed by atoms with E-state index in [-0.39, 0.29) is 16.6 Å². The molecule has 5 N–H and O–H groups in total. The van der Waals surface area contributed by atoms with E-state index in [4.69, 9.17) is 27.5 Å². The molecule has 3 heterocycles. The molecule has 0 aliphatic rings. The van der Waals surface area contributed by atoms with Crippen LogP contribution in [0.4, 0.5) is 5.82 Å². The van der Waals surface area contributed by atoms with Crippen LogP contribution < -0.4 is 11.4 Å². The molecular weight excluding hydrogens is 682 g/mol. The average Bonchev–Trinajstić information content (AvgIpc) is 3.37. The van der Waals surface area contributed by atoms with Gasteiger partial charge >= 0.3 is 11.8 Å². The highest BCUT2D eigenvalue weighted by Crippen LogP contribution is 2.17. The zero-order chi connectivity index (χ0) is 25.3. The van der Waals surface area contributed by atoms with Gasteiger partial charge in [0.25, 0.3) is 0 Å². The molecule has 0 radical (unpaired) electrons. The number of aromatic nitrogens is 6. The number of nitrogens with one attached hydrogen (secondary N) is 3. The molecule has 15 heteroatoms. The summed E-state index contributed by atoms with van der Waals surface area (Å²) in [5.41, 5.74) is 7.92. The zero-order valence-electron chi connectivity index (χ0n) is 18.2. The summed E-state index contributed by atoms with van der Waals surface area (Å²) in [5, 5.41) is 9.30. The van der Waals surface area contributed by atoms with E-state index in [0.29, 0.717) is 23.3 Å². The van der Waals surface area contributed by atoms with Crippen LogP contribution in [-0.4, -0.2) is 42.5 Å². The first kappa shape index (κ1) is 32.6. The fourth-order valence-corrected chi connectivity index (χ4v) is 2.29. The molecule has 0 saturated carbocycles. The van der Waals surface area contributed by atoms with Crippen LogP contribution >= 0.6 is 49.4 Å². The minimum atomic E-state index is -0.285. The first-order valence-corrected chi connectivity index (χ1v) is 16.1. The van der Waals surface area contributed by atoms with Crippen molar-refractivity contribution < 1.29 is 9.59 Å². The lowest BCUT2D eigenvalue weighted by atomic mass is 10.1. The number of anilines is 1. The normalized spacial score (nSPS) is 9.16. The zero-order valence-corrected chi connectivity index (χ0v) is 24.1. The first-order valence-electron chi connectivity index (χ1n) is 9.06. The molecule has 0 fully saturated rings. The van der Waals surface area contributed by atoms with Crippen molar-refractivity contribution in [2.24, 2.45) is 4.36 Å². The number of H-pyrrole nitrogens is 3. The predicted molar refractivity (Wildman–Crippen MR) is 146 cm³/mol. The van der Waals surface area contributed by atoms with Gasteiger partial charge in [-0.3, -0.25) is 15.2 Å². The standard InChI is InChI=1S/C8H10N4OS.C6H11N3.C2H5NS.CO2.I2/c1-4(2)5-3-9-12-6(5)10-7(14)11-8(12)13;1-4(2)5-3-8-9-6(5)7;1-2-3-4;2-1-3;1-2/h3-4,9H,1-2H3,(H,11,13,14);3-4H,1-2H3,(H3,7,8,9);2H2,1H3;;. The molecule has 0 aromatic carbocycles. The Morgan fingerprint density at radius 1 is 1.22 bits per heavy atom. The molecular formula is C17H26I2N8O3S2. The Balaban J connectivity index is 0. The van der Waals surface area contributed by atoms with E-state index >= 15 is 0 Å². The largest absolute Gasteiger partial charge is 0.384 e. The minimum absolute atomic E-state index is 0.219. The molecule has 3 aromatic rings. The Hall–Kier alpha value is -1.56. The van der Waals surface area contributed by atoms with Crippen LogP contribution in [0.15, 0.2) is 21.6 Å². The molecule has 0 unspecified atom stereocenters. The van der Waals surface area contributed by atoms with Crippen LogP contribution in [-0.2, 0) is 22.0 Å². The first-order chi connectivity index (χ1) is 15.1. The maximum absolute atomic E-state index is 11.4. The van der Waals surface area contributed by atoms with Gasteiger partial charge in [-0.15, -0.1) is 0 Å². The quantitative estimate of drug-likeness (QED) is 0.232. The number of hydrogen-bond acceptors (Lipinski definition) is 9. The molecule has 0 saturated heterocycles. The summed E-state index contributed by atoms with van der Waals surface area (Å²) >= 11 is 13.3. The lowest BCUT2D eigenvalue weighted by Gasteiger charge is -1.99. The number of nitrogens with zero attached hydrogens (tertiary/aromatic N) is 4. The monoisotopic (exact) mass is 708 g/mol. The number of nitrogen functional groups attached to an aromatic ring is 1. The van der Waals surface area contributed by atoms with Gasteiger partial charge in [-0.1, -0.05) is 27.7 Å². The highest BCUT2D eigenvalue weighted by Gasteiger charge is 2.09. The Labute approximate surface area is 219 Å². The van der Waals surface area contributed by atoms with Gasteiger partial charge < -0.3 is 5.73 Å². The van der Waals surface area contributed by atoms with Crippen molar-refractivity contribution >= 4 is 79.5 Å². The maximum atomic E-state index is 11.4. The Kier molecular flexibility index (Phi) is 19.3. The summed E-state index contributed by atoms with van der Waals surface area (Å²) in [6, 6.07) is 0. The summed E-state index contributed by atoms with van der Waals surface area (Å²) < 4.78 is 4.89. The van der Waals surface area contributed by atoms with Crippen LogP contribution in [0.2, 0.25) is 0 Å². The molecule has 0 atom stereocenters. The van der Waals surface area contributed by atoms with Gasteiger partial charge in [-0.05, 0) is 31.0 Å². The van der Waals surface area contributed by atoms with Crippen molar-refractivity contribution in [3.63, 3.8) is 0 Å². The summed E-state index contributed by atoms with van der Waals surface area (Å²) in [5.74, 6) is 1.45. The molecule has 0 spiro atoms. The fourth-order valence-electron chi connectivity index (χ4n) is 2.12. The van der Waals surface area contributed by atoms with E-state index in [0.717, 1.165) is 17.7 Å². The molecule has 32 heavy (non-hydrogen) atoms. The van der Waals surface area contributed by atoms with Gasteiger partial charge in [0, 0.05) is 73.5 Å². The molecule has 178 valence electrons. The third-order valence-corrected chi connectivity index (χ3v) is 3.97. The summed E-state index contributed by atoms with van der Waals surface area (Å²) in [7, 11) is 0. The number of halogens is 2. The Morgan fingerprint density at radius 3 is 2.06 bits per heavy atom. The number of fused-ring (bicyclic) bond motifs is 1. The second kappa shape index (κ2) is 19.0. The SMILES string of the molecule is CC(C)c1c[nH]n2c(=O)[nH]c(=S)nc12.CC(C)c1cn[nH]c1N.CCN=S.II.O=C=O. The third-order valence-electron chi connectivity index (χ3n) is 3.52. The Morgan fingerprint density at radius 2 is 1.72 bits per heavy atom. The van der Waals surface area contributed by atoms with Crippen molar-refractivity contribution in [1.29, 1.82) is 0 Å². The van der Waals surface area contributed by atoms with Gasteiger partial charge in [0.1, 0.15) is 5.82 Å². The van der Waals surface area contributed by atoms with Crippen LogP contribution in [0.1, 0.15) is 57.6 Å². The van der Waals surface area contributed by atoms with E-state index < -0.39 is 0 Å². The molecule has 3 aromatic heterocycles. The van der Waals surface area contributed by atoms with Gasteiger partial charge in [0.15, 0.2) is 5.65 Å². The number of carbonyl (C=O) groups excluding carboxylic acids is 2. The molecule has 0 amide bonds. The van der Waals surface area contributed by atoms with E-state index in [2.05, 4.69) is 93.1 Å². The highest BCUT2D eigenvalue weighted by molar-refractivity contribution is 15.0. The van der Waals surface area contributed by atoms with Crippen LogP contribution in [0.25, 0.3) is 5.65 Å². The van der Waals surface area contributed by atoms with Crippen molar-refractivity contribution in [3.8, 4) is 0 Å². The topological polar surface area (TPSA) is 167 Å². The maximum Gasteiger partial charge on any atom is 0.373 e. The van der Waals surface area contributed by atoms with Crippen LogP contribution in [0.5, 0.6) is 0 Å². The summed E-state index contributed by atoms with van der Waals surface area (Å²) in [4.78, 5) is 34.2. The molecule has 0 aliphatic heterocycles. The van der Waals surface area contributed by atoms with Gasteiger partial charge in [-0.2, -0.15) is 19.2 Å². The predicted octanol–water partition coefficient (Wildman–Crippen LogP) is 4.24. The minimum Gasteiger partial charge on any atom is -0.384 e. The van der Waals surface area contributed by atoms with E-state index in [1.165, 1.54) is 4.52 Å². The smallest absolute Gasteiger partial charge is 0.373 e. The lowest BCUT2D eigenvalue weighted by molar-refractivity contribution is -0.191. The number of rotatable bonds is 3. The van der Waals surface area contributed by atoms with E-state index in [1.807, 2.05) is 20.8 Å². The van der Waals surface area contributed by atoms with E-state index in [9.17, 15) is 4.79 Å². The average molecular weight is 708 g/mol. The van der Waals surface area contributed by atoms with Gasteiger partial charge in [0.2, 0.25) is 4.77 Å². The van der Waals surface area contributed by atoms with Crippen molar-refractivity contribution in [2.75, 3.05) is 12.3 Å². The fraction of sp³-hybridized carbons (Fsp3) is 0.471. The lowest BCUT2D eigenvalue weighted by Crippen LogP contribution is -2.18. The summed E-state index contributed by atoms with van der Waals surface area (Å²) in [6.45, 7) is 10.9. The van der Waals surface area contributed by atoms with Gasteiger partial charge in [-0.25, -0.2) is 14.1 Å². The number of hydrogen-bond donors (Lipinski definition) is 4. The third kappa shape index (κ3) is 11.9. The van der Waals surface area contributed by atoms with Crippen molar-refractivity contribution in [3.05, 3.63) is 38.8 Å². The number of nitrogens with two attached hydrogens (primary N) is 1.